The number of carbonyl (C=O) groups is 5. The monoisotopic (exact) mass is 803 g/mol. The Bertz CT molecular complexity index is 1720. The number of nitrogens with zero attached hydrogens (tertiary/aromatic N) is 2. The highest BCUT2D eigenvalue weighted by Crippen LogP contribution is 2.88. The molecule has 5 amide bonds. The van der Waals surface area contributed by atoms with Crippen molar-refractivity contribution in [2.24, 2.45) is 33.0 Å². The number of hydrogen-bond acceptors (Lipinski definition) is 8. The highest BCUT2D eigenvalue weighted by molar-refractivity contribution is 7.91. The summed E-state index contributed by atoms with van der Waals surface area (Å²) < 4.78 is 27.9. The number of hydrogen-bond donors (Lipinski definition) is 4. The predicted octanol–water partition coefficient (Wildman–Crippen LogP) is 4.00. The predicted molar refractivity (Wildman–Crippen MR) is 214 cm³/mol. The number of sulfonamides is 1. The van der Waals surface area contributed by atoms with E-state index in [2.05, 4.69) is 53.3 Å². The van der Waals surface area contributed by atoms with Crippen molar-refractivity contribution in [3.63, 3.8) is 0 Å². The fraction of sp³-hybridized carbons (Fsp3) is 0.881. The van der Waals surface area contributed by atoms with Gasteiger partial charge in [0.1, 0.15) is 23.7 Å². The molecule has 0 aromatic heterocycles. The summed E-state index contributed by atoms with van der Waals surface area (Å²) in [7, 11) is -3.84. The molecule has 0 aromatic rings. The van der Waals surface area contributed by atoms with E-state index in [9.17, 15) is 27.6 Å². The lowest BCUT2D eigenvalue weighted by Crippen LogP contribution is -2.64. The molecule has 0 aromatic carbocycles. The normalized spacial score (nSPS) is 32.0. The van der Waals surface area contributed by atoms with Gasteiger partial charge in [-0.05, 0) is 99.3 Å². The minimum Gasteiger partial charge on any atom is -0.342 e. The summed E-state index contributed by atoms with van der Waals surface area (Å²) in [5.41, 5.74) is -3.27. The Morgan fingerprint density at radius 3 is 1.89 bits per heavy atom. The van der Waals surface area contributed by atoms with Crippen LogP contribution in [0.2, 0.25) is 0 Å². The zero-order valence-electron chi connectivity index (χ0n) is 35.9. The maximum Gasteiger partial charge on any atom is 0.259 e. The van der Waals surface area contributed by atoms with E-state index in [0.717, 1.165) is 38.6 Å². The molecule has 13 nitrogen and oxygen atoms in total. The summed E-state index contributed by atoms with van der Waals surface area (Å²) in [6, 6.07) is -3.06. The molecular weight excluding hydrogens is 733 g/mol. The number of nitrogens with one attached hydrogen (secondary N) is 4. The molecule has 4 aliphatic carbocycles. The molecule has 0 unspecified atom stereocenters. The zero-order valence-corrected chi connectivity index (χ0v) is 36.7. The summed E-state index contributed by atoms with van der Waals surface area (Å²) in [6.07, 6.45) is 8.10. The number of carbonyl (C=O) groups excluding carboxylic acids is 5. The van der Waals surface area contributed by atoms with Crippen LogP contribution in [0.1, 0.15) is 147 Å². The third-order valence-electron chi connectivity index (χ3n) is 15.3. The van der Waals surface area contributed by atoms with Crippen molar-refractivity contribution in [1.82, 2.24) is 30.5 Å². The lowest BCUT2D eigenvalue weighted by Gasteiger charge is -2.40. The Labute approximate surface area is 335 Å². The van der Waals surface area contributed by atoms with Crippen molar-refractivity contribution in [3.05, 3.63) is 0 Å². The number of fused-ring (bicyclic) bond motifs is 1. The highest BCUT2D eigenvalue weighted by atomic mass is 32.2. The van der Waals surface area contributed by atoms with E-state index in [1.54, 1.807) is 4.90 Å². The van der Waals surface area contributed by atoms with Gasteiger partial charge in [-0.3, -0.25) is 33.6 Å². The van der Waals surface area contributed by atoms with E-state index >= 15 is 4.79 Å². The smallest absolute Gasteiger partial charge is 0.259 e. The van der Waals surface area contributed by atoms with Crippen LogP contribution in [0.5, 0.6) is 0 Å². The molecule has 0 radical (unpaired) electrons. The standard InChI is InChI=1S/C42H70N6O7S/c1-12-26-22-42(26,36(53)46-56(54,55)27-17-18-27)45-33(50)29-23-41(39(10,11)40(41)19-15-20-40)24-48(29)35(52)31(38(7,8)9)44-34(51)30(37(4,5)6)43-32(49)28-16-13-14-21-47(28)25(2)3/h25-31H,12-24H2,1-11H3,(H,43,49)(H,44,51)(H,45,50)(H,46,53)/t26-,28-,29+,30-,31-,41-,42-/m1/s1. The molecule has 2 aliphatic heterocycles. The van der Waals surface area contributed by atoms with Crippen LogP contribution >= 0.6 is 0 Å². The fourth-order valence-electron chi connectivity index (χ4n) is 11.2. The average Bonchev–Trinajstić information content (AvgIpc) is 4.02. The van der Waals surface area contributed by atoms with E-state index in [-0.39, 0.29) is 46.1 Å². The molecule has 2 spiro atoms. The molecule has 4 N–H and O–H groups in total. The minimum absolute atomic E-state index is 0.00240. The van der Waals surface area contributed by atoms with Crippen LogP contribution in [-0.4, -0.2) is 102 Å². The summed E-state index contributed by atoms with van der Waals surface area (Å²) >= 11 is 0. The first-order chi connectivity index (χ1) is 25.8. The number of likely N-dealkylation sites (tertiary alicyclic amines) is 2. The van der Waals surface area contributed by atoms with Crippen molar-refractivity contribution in [2.75, 3.05) is 13.1 Å². The Morgan fingerprint density at radius 1 is 0.786 bits per heavy atom. The first-order valence-corrected chi connectivity index (χ1v) is 22.9. The van der Waals surface area contributed by atoms with Gasteiger partial charge in [0.15, 0.2) is 0 Å². The van der Waals surface area contributed by atoms with Gasteiger partial charge >= 0.3 is 0 Å². The van der Waals surface area contributed by atoms with Crippen LogP contribution < -0.4 is 20.7 Å². The maximum absolute atomic E-state index is 15.1. The van der Waals surface area contributed by atoms with E-state index in [1.807, 2.05) is 48.5 Å². The molecule has 2 saturated heterocycles. The molecule has 316 valence electrons. The molecule has 6 fully saturated rings. The molecular formula is C42H70N6O7S. The third-order valence-corrected chi connectivity index (χ3v) is 17.1. The second-order valence-corrected chi connectivity index (χ2v) is 23.2. The molecule has 6 aliphatic rings. The van der Waals surface area contributed by atoms with Gasteiger partial charge in [-0.25, -0.2) is 8.42 Å². The fourth-order valence-corrected chi connectivity index (χ4v) is 12.5. The van der Waals surface area contributed by atoms with E-state index < -0.39 is 67.5 Å². The second kappa shape index (κ2) is 14.2. The number of piperidine rings is 1. The lowest BCUT2D eigenvalue weighted by molar-refractivity contribution is -0.145. The van der Waals surface area contributed by atoms with E-state index in [0.29, 0.717) is 45.1 Å². The van der Waals surface area contributed by atoms with Crippen LogP contribution in [0.15, 0.2) is 0 Å². The number of amides is 5. The Balaban J connectivity index is 1.27. The van der Waals surface area contributed by atoms with Crippen LogP contribution in [0.3, 0.4) is 0 Å². The van der Waals surface area contributed by atoms with Gasteiger partial charge in [-0.2, -0.15) is 0 Å². The first-order valence-electron chi connectivity index (χ1n) is 21.4. The molecule has 2 heterocycles. The minimum atomic E-state index is -3.84. The number of rotatable bonds is 12. The van der Waals surface area contributed by atoms with E-state index in [1.165, 1.54) is 0 Å². The quantitative estimate of drug-likeness (QED) is 0.229. The summed E-state index contributed by atoms with van der Waals surface area (Å²) in [6.45, 7) is 23.0. The molecule has 0 bridgehead atoms. The zero-order chi connectivity index (χ0) is 41.6. The summed E-state index contributed by atoms with van der Waals surface area (Å²) in [4.78, 5) is 75.6. The van der Waals surface area contributed by atoms with Gasteiger partial charge in [0, 0.05) is 18.0 Å². The van der Waals surface area contributed by atoms with Gasteiger partial charge in [0.2, 0.25) is 33.7 Å². The van der Waals surface area contributed by atoms with Gasteiger partial charge in [0.05, 0.1) is 11.3 Å². The van der Waals surface area contributed by atoms with Crippen LogP contribution in [0.25, 0.3) is 0 Å². The lowest BCUT2D eigenvalue weighted by atomic mass is 9.73. The highest BCUT2D eigenvalue weighted by Gasteiger charge is 2.85. The molecule has 6 rings (SSSR count). The van der Waals surface area contributed by atoms with Crippen molar-refractivity contribution < 1.29 is 32.4 Å². The Morgan fingerprint density at radius 2 is 1.41 bits per heavy atom. The van der Waals surface area contributed by atoms with Crippen molar-refractivity contribution in [2.45, 2.75) is 188 Å². The third kappa shape index (κ3) is 7.08. The SMILES string of the molecule is CC[C@@H]1C[C@]1(NC(=O)[C@@H]1C[C@@]2(CN1C(=O)[C@@H](NC(=O)[C@@H](NC(=O)[C@H]1CCCCN1C(C)C)C(C)(C)C)C(C)(C)C)C(C)(C)C21CCC1)C(=O)NS(=O)(=O)C1CC1. The molecule has 14 heteroatoms. The topological polar surface area (TPSA) is 174 Å². The van der Waals surface area contributed by atoms with Crippen LogP contribution in [0.4, 0.5) is 0 Å². The van der Waals surface area contributed by atoms with Gasteiger partial charge < -0.3 is 20.9 Å². The Kier molecular flexibility index (Phi) is 10.9. The van der Waals surface area contributed by atoms with E-state index in [4.69, 9.17) is 0 Å². The second-order valence-electron chi connectivity index (χ2n) is 21.2. The van der Waals surface area contributed by atoms with Gasteiger partial charge in [0.25, 0.3) is 5.91 Å². The summed E-state index contributed by atoms with van der Waals surface area (Å²) in [5.74, 6) is -2.45. The molecule has 56 heavy (non-hydrogen) atoms. The summed E-state index contributed by atoms with van der Waals surface area (Å²) in [5, 5.41) is 8.57. The van der Waals surface area contributed by atoms with Gasteiger partial charge in [-0.1, -0.05) is 81.6 Å². The van der Waals surface area contributed by atoms with Gasteiger partial charge in [-0.15, -0.1) is 0 Å². The molecule has 4 saturated carbocycles. The van der Waals surface area contributed by atoms with Crippen LogP contribution in [-0.2, 0) is 34.0 Å². The van der Waals surface area contributed by atoms with Crippen molar-refractivity contribution in [1.29, 1.82) is 0 Å². The Hall–Kier alpha value is -2.74. The maximum atomic E-state index is 15.1. The molecule has 7 atom stereocenters. The van der Waals surface area contributed by atoms with Crippen molar-refractivity contribution >= 4 is 39.6 Å². The largest absolute Gasteiger partial charge is 0.342 e. The van der Waals surface area contributed by atoms with Crippen molar-refractivity contribution in [3.8, 4) is 0 Å². The van der Waals surface area contributed by atoms with Crippen LogP contribution in [0, 0.1) is 33.0 Å². The average molecular weight is 803 g/mol. The first kappa shape index (κ1) is 42.9.